The molecular weight excluding hydrogens is 278 g/mol. The van der Waals surface area contributed by atoms with E-state index in [2.05, 4.69) is 39.3 Å². The average molecular weight is 290 g/mol. The lowest BCUT2D eigenvalue weighted by molar-refractivity contribution is 0.741. The summed E-state index contributed by atoms with van der Waals surface area (Å²) in [6.45, 7) is 1.97. The predicted octanol–water partition coefficient (Wildman–Crippen LogP) is 2.97. The Hall–Kier alpha value is 0.0500. The van der Waals surface area contributed by atoms with Crippen LogP contribution in [-0.4, -0.2) is 18.1 Å². The first-order valence-electron chi connectivity index (χ1n) is 4.29. The first-order chi connectivity index (χ1) is 6.83. The summed E-state index contributed by atoms with van der Waals surface area (Å²) < 4.78 is 1.19. The molecule has 14 heavy (non-hydrogen) atoms. The van der Waals surface area contributed by atoms with Crippen LogP contribution in [0.3, 0.4) is 0 Å². The number of hydrogen-bond donors (Lipinski definition) is 1. The van der Waals surface area contributed by atoms with Crippen LogP contribution in [0.25, 0.3) is 0 Å². The Morgan fingerprint density at radius 2 is 2.43 bits per heavy atom. The highest BCUT2D eigenvalue weighted by molar-refractivity contribution is 9.11. The van der Waals surface area contributed by atoms with Crippen molar-refractivity contribution in [3.63, 3.8) is 0 Å². The summed E-state index contributed by atoms with van der Waals surface area (Å²) in [4.78, 5) is 1.36. The van der Waals surface area contributed by atoms with Crippen LogP contribution >= 0.6 is 39.0 Å². The molecule has 0 bridgehead atoms. The maximum Gasteiger partial charge on any atom is 0.0701 e. The Morgan fingerprint density at radius 1 is 1.57 bits per heavy atom. The van der Waals surface area contributed by atoms with E-state index in [0.717, 1.165) is 24.6 Å². The second kappa shape index (κ2) is 7.36. The van der Waals surface area contributed by atoms with Crippen molar-refractivity contribution in [2.75, 3.05) is 18.1 Å². The van der Waals surface area contributed by atoms with Gasteiger partial charge in [0.15, 0.2) is 0 Å². The molecule has 0 aliphatic carbocycles. The molecule has 1 aromatic heterocycles. The smallest absolute Gasteiger partial charge is 0.0701 e. The van der Waals surface area contributed by atoms with E-state index < -0.39 is 0 Å². The highest BCUT2D eigenvalue weighted by atomic mass is 79.9. The minimum absolute atomic E-state index is 0.812. The summed E-state index contributed by atoms with van der Waals surface area (Å²) in [5.41, 5.74) is 0. The zero-order chi connectivity index (χ0) is 10.2. The quantitative estimate of drug-likeness (QED) is 0.638. The van der Waals surface area contributed by atoms with Crippen LogP contribution in [0.15, 0.2) is 15.9 Å². The standard InChI is InChI=1S/C10H12BrNS2/c1-2-6-13-7-5-12-8-9-3-4-10(11)14-9/h1,3-4,12H,5-8H2. The molecule has 0 fully saturated rings. The summed E-state index contributed by atoms with van der Waals surface area (Å²) in [5.74, 6) is 4.50. The third-order valence-electron chi connectivity index (χ3n) is 1.54. The van der Waals surface area contributed by atoms with Crippen molar-refractivity contribution >= 4 is 39.0 Å². The molecule has 1 nitrogen and oxygen atoms in total. The van der Waals surface area contributed by atoms with E-state index >= 15 is 0 Å². The Morgan fingerprint density at radius 3 is 3.07 bits per heavy atom. The predicted molar refractivity (Wildman–Crippen MR) is 69.9 cm³/mol. The number of thiophene rings is 1. The first kappa shape index (κ1) is 12.1. The van der Waals surface area contributed by atoms with Crippen LogP contribution in [0.1, 0.15) is 4.88 Å². The normalized spacial score (nSPS) is 10.0. The maximum atomic E-state index is 5.14. The molecule has 0 amide bonds. The molecule has 0 saturated carbocycles. The van der Waals surface area contributed by atoms with E-state index in [1.54, 1.807) is 23.1 Å². The van der Waals surface area contributed by atoms with Gasteiger partial charge in [0, 0.05) is 23.7 Å². The molecule has 4 heteroatoms. The lowest BCUT2D eigenvalue weighted by Gasteiger charge is -2.00. The van der Waals surface area contributed by atoms with Crippen molar-refractivity contribution in [2.45, 2.75) is 6.54 Å². The van der Waals surface area contributed by atoms with E-state index in [9.17, 15) is 0 Å². The third-order valence-corrected chi connectivity index (χ3v) is 4.02. The highest BCUT2D eigenvalue weighted by Gasteiger charge is 1.96. The molecule has 0 atom stereocenters. The van der Waals surface area contributed by atoms with Gasteiger partial charge >= 0.3 is 0 Å². The number of nitrogens with one attached hydrogen (secondary N) is 1. The van der Waals surface area contributed by atoms with Crippen molar-refractivity contribution < 1.29 is 0 Å². The Kier molecular flexibility index (Phi) is 6.37. The maximum absolute atomic E-state index is 5.14. The molecule has 1 heterocycles. The molecule has 76 valence electrons. The average Bonchev–Trinajstić information content (AvgIpc) is 2.58. The van der Waals surface area contributed by atoms with Gasteiger partial charge in [0.25, 0.3) is 0 Å². The summed E-state index contributed by atoms with van der Waals surface area (Å²) in [7, 11) is 0. The zero-order valence-electron chi connectivity index (χ0n) is 7.75. The number of hydrogen-bond acceptors (Lipinski definition) is 3. The van der Waals surface area contributed by atoms with E-state index in [0.29, 0.717) is 0 Å². The van der Waals surface area contributed by atoms with E-state index in [1.165, 1.54) is 8.66 Å². The second-order valence-electron chi connectivity index (χ2n) is 2.64. The molecule has 0 unspecified atom stereocenters. The SMILES string of the molecule is C#CCSCCNCc1ccc(Br)s1. The van der Waals surface area contributed by atoms with Crippen molar-refractivity contribution in [3.05, 3.63) is 20.8 Å². The summed E-state index contributed by atoms with van der Waals surface area (Å²) in [6.07, 6.45) is 5.14. The Labute approximate surface area is 102 Å². The van der Waals surface area contributed by atoms with Crippen LogP contribution in [0.2, 0.25) is 0 Å². The molecule has 0 aliphatic rings. The molecule has 0 saturated heterocycles. The fourth-order valence-corrected chi connectivity index (χ4v) is 2.94. The fraction of sp³-hybridized carbons (Fsp3) is 0.400. The number of rotatable bonds is 6. The third kappa shape index (κ3) is 5.06. The van der Waals surface area contributed by atoms with Gasteiger partial charge in [-0.25, -0.2) is 0 Å². The minimum Gasteiger partial charge on any atom is -0.311 e. The zero-order valence-corrected chi connectivity index (χ0v) is 11.0. The summed E-state index contributed by atoms with van der Waals surface area (Å²) in [5, 5.41) is 3.37. The van der Waals surface area contributed by atoms with Gasteiger partial charge in [-0.15, -0.1) is 29.5 Å². The molecule has 0 radical (unpaired) electrons. The van der Waals surface area contributed by atoms with Crippen molar-refractivity contribution in [2.24, 2.45) is 0 Å². The van der Waals surface area contributed by atoms with Crippen LogP contribution in [-0.2, 0) is 6.54 Å². The van der Waals surface area contributed by atoms with Gasteiger partial charge in [0.2, 0.25) is 0 Å². The molecule has 1 N–H and O–H groups in total. The van der Waals surface area contributed by atoms with Gasteiger partial charge in [-0.3, -0.25) is 0 Å². The van der Waals surface area contributed by atoms with E-state index in [-0.39, 0.29) is 0 Å². The summed E-state index contributed by atoms with van der Waals surface area (Å²) in [6, 6.07) is 4.21. The van der Waals surface area contributed by atoms with Gasteiger partial charge in [-0.05, 0) is 28.1 Å². The topological polar surface area (TPSA) is 12.0 Å². The molecule has 1 aromatic rings. The molecule has 0 spiro atoms. The number of halogens is 1. The van der Waals surface area contributed by atoms with Gasteiger partial charge in [-0.1, -0.05) is 5.92 Å². The Bertz CT molecular complexity index is 303. The van der Waals surface area contributed by atoms with Gasteiger partial charge in [-0.2, -0.15) is 0 Å². The number of terminal acetylenes is 1. The van der Waals surface area contributed by atoms with Gasteiger partial charge < -0.3 is 5.32 Å². The monoisotopic (exact) mass is 289 g/mol. The lowest BCUT2D eigenvalue weighted by Crippen LogP contribution is -2.15. The molecule has 0 aromatic carbocycles. The van der Waals surface area contributed by atoms with Gasteiger partial charge in [0.05, 0.1) is 9.54 Å². The Balaban J connectivity index is 2.02. The van der Waals surface area contributed by atoms with Crippen molar-refractivity contribution in [3.8, 4) is 12.3 Å². The number of thioether (sulfide) groups is 1. The highest BCUT2D eigenvalue weighted by Crippen LogP contribution is 2.21. The van der Waals surface area contributed by atoms with E-state index in [1.807, 2.05) is 0 Å². The van der Waals surface area contributed by atoms with Crippen molar-refractivity contribution in [1.82, 2.24) is 5.32 Å². The van der Waals surface area contributed by atoms with Crippen LogP contribution in [0.4, 0.5) is 0 Å². The fourth-order valence-electron chi connectivity index (χ4n) is 0.934. The summed E-state index contributed by atoms with van der Waals surface area (Å²) >= 11 is 7.00. The van der Waals surface area contributed by atoms with Crippen LogP contribution < -0.4 is 5.32 Å². The second-order valence-corrected chi connectivity index (χ2v) is 6.29. The molecular formula is C10H12BrNS2. The van der Waals surface area contributed by atoms with Crippen LogP contribution in [0.5, 0.6) is 0 Å². The lowest BCUT2D eigenvalue weighted by atomic mass is 10.4. The van der Waals surface area contributed by atoms with E-state index in [4.69, 9.17) is 6.42 Å². The van der Waals surface area contributed by atoms with Crippen LogP contribution in [0, 0.1) is 12.3 Å². The largest absolute Gasteiger partial charge is 0.311 e. The first-order valence-corrected chi connectivity index (χ1v) is 7.05. The molecule has 0 aliphatic heterocycles. The van der Waals surface area contributed by atoms with Crippen molar-refractivity contribution in [1.29, 1.82) is 0 Å². The molecule has 1 rings (SSSR count). The minimum atomic E-state index is 0.812. The van der Waals surface area contributed by atoms with Gasteiger partial charge in [0.1, 0.15) is 0 Å².